The maximum atomic E-state index is 9.03. The third-order valence-corrected chi connectivity index (χ3v) is 3.51. The SMILES string of the molecule is CCNc1ncc(C#N)cc1NCc1c[nH]c2ccccc12. The van der Waals surface area contributed by atoms with E-state index in [0.717, 1.165) is 23.6 Å². The Bertz CT molecular complexity index is 828. The molecular formula is C17H17N5. The average Bonchev–Trinajstić information content (AvgIpc) is 2.97. The van der Waals surface area contributed by atoms with Crippen LogP contribution in [0.25, 0.3) is 10.9 Å². The van der Waals surface area contributed by atoms with Crippen LogP contribution in [0.3, 0.4) is 0 Å². The minimum absolute atomic E-state index is 0.545. The molecule has 0 spiro atoms. The number of nitrogens with one attached hydrogen (secondary N) is 3. The van der Waals surface area contributed by atoms with Gasteiger partial charge in [-0.3, -0.25) is 0 Å². The Hall–Kier alpha value is -3.00. The second kappa shape index (κ2) is 6.19. The molecule has 3 aromatic rings. The number of anilines is 2. The molecule has 5 heteroatoms. The summed E-state index contributed by atoms with van der Waals surface area (Å²) in [7, 11) is 0. The smallest absolute Gasteiger partial charge is 0.149 e. The highest BCUT2D eigenvalue weighted by molar-refractivity contribution is 5.83. The zero-order chi connectivity index (χ0) is 15.4. The fourth-order valence-corrected chi connectivity index (χ4v) is 2.44. The quantitative estimate of drug-likeness (QED) is 0.672. The third kappa shape index (κ3) is 2.72. The van der Waals surface area contributed by atoms with Crippen molar-refractivity contribution in [3.8, 4) is 6.07 Å². The molecule has 5 nitrogen and oxygen atoms in total. The molecule has 3 rings (SSSR count). The number of hydrogen-bond donors (Lipinski definition) is 3. The van der Waals surface area contributed by atoms with Gasteiger partial charge in [-0.15, -0.1) is 0 Å². The Kier molecular flexibility index (Phi) is 3.92. The Morgan fingerprint density at radius 1 is 1.27 bits per heavy atom. The van der Waals surface area contributed by atoms with Crippen LogP contribution in [-0.2, 0) is 6.54 Å². The zero-order valence-corrected chi connectivity index (χ0v) is 12.4. The van der Waals surface area contributed by atoms with Crippen molar-refractivity contribution in [3.63, 3.8) is 0 Å². The van der Waals surface area contributed by atoms with Gasteiger partial charge in [-0.2, -0.15) is 5.26 Å². The maximum Gasteiger partial charge on any atom is 0.149 e. The Morgan fingerprint density at radius 2 is 2.14 bits per heavy atom. The number of pyridine rings is 1. The fraction of sp³-hybridized carbons (Fsp3) is 0.176. The minimum Gasteiger partial charge on any atom is -0.378 e. The molecule has 0 aliphatic heterocycles. The van der Waals surface area contributed by atoms with Crippen LogP contribution in [0.5, 0.6) is 0 Å². The van der Waals surface area contributed by atoms with Gasteiger partial charge >= 0.3 is 0 Å². The monoisotopic (exact) mass is 291 g/mol. The predicted octanol–water partition coefficient (Wildman–Crippen LogP) is 3.48. The first-order valence-electron chi connectivity index (χ1n) is 7.24. The predicted molar refractivity (Wildman–Crippen MR) is 88.7 cm³/mol. The van der Waals surface area contributed by atoms with Crippen molar-refractivity contribution in [3.05, 3.63) is 53.9 Å². The first kappa shape index (κ1) is 14.0. The van der Waals surface area contributed by atoms with E-state index < -0.39 is 0 Å². The molecule has 1 aromatic carbocycles. The lowest BCUT2D eigenvalue weighted by Gasteiger charge is -2.12. The van der Waals surface area contributed by atoms with Gasteiger partial charge in [-0.25, -0.2) is 4.98 Å². The number of benzene rings is 1. The van der Waals surface area contributed by atoms with Gasteiger partial charge in [-0.1, -0.05) is 18.2 Å². The van der Waals surface area contributed by atoms with E-state index in [2.05, 4.69) is 38.8 Å². The van der Waals surface area contributed by atoms with Gasteiger partial charge < -0.3 is 15.6 Å². The molecule has 0 fully saturated rings. The minimum atomic E-state index is 0.545. The van der Waals surface area contributed by atoms with Crippen molar-refractivity contribution in [2.75, 3.05) is 17.2 Å². The Labute approximate surface area is 129 Å². The molecule has 0 aliphatic carbocycles. The molecule has 110 valence electrons. The number of rotatable bonds is 5. The summed E-state index contributed by atoms with van der Waals surface area (Å²) in [4.78, 5) is 7.56. The third-order valence-electron chi connectivity index (χ3n) is 3.51. The summed E-state index contributed by atoms with van der Waals surface area (Å²) in [6.07, 6.45) is 3.58. The summed E-state index contributed by atoms with van der Waals surface area (Å²) in [5.74, 6) is 0.765. The number of nitriles is 1. The van der Waals surface area contributed by atoms with Gasteiger partial charge in [-0.05, 0) is 24.6 Å². The largest absolute Gasteiger partial charge is 0.378 e. The molecule has 0 aliphatic rings. The van der Waals surface area contributed by atoms with E-state index in [1.165, 1.54) is 10.9 Å². The van der Waals surface area contributed by atoms with Gasteiger partial charge in [0.2, 0.25) is 0 Å². The second-order valence-corrected chi connectivity index (χ2v) is 4.98. The number of aromatic nitrogens is 2. The van der Waals surface area contributed by atoms with E-state index in [1.807, 2.05) is 31.3 Å². The van der Waals surface area contributed by atoms with Gasteiger partial charge in [0, 0.05) is 36.4 Å². The molecular weight excluding hydrogens is 274 g/mol. The maximum absolute atomic E-state index is 9.03. The van der Waals surface area contributed by atoms with Crippen LogP contribution < -0.4 is 10.6 Å². The lowest BCUT2D eigenvalue weighted by atomic mass is 10.1. The summed E-state index contributed by atoms with van der Waals surface area (Å²) in [6.45, 7) is 3.46. The summed E-state index contributed by atoms with van der Waals surface area (Å²) in [5, 5.41) is 16.8. The van der Waals surface area contributed by atoms with Crippen molar-refractivity contribution < 1.29 is 0 Å². The molecule has 0 radical (unpaired) electrons. The van der Waals surface area contributed by atoms with E-state index in [9.17, 15) is 0 Å². The fourth-order valence-electron chi connectivity index (χ4n) is 2.44. The highest BCUT2D eigenvalue weighted by Crippen LogP contribution is 2.23. The van der Waals surface area contributed by atoms with Crippen molar-refractivity contribution in [2.45, 2.75) is 13.5 Å². The summed E-state index contributed by atoms with van der Waals surface area (Å²) in [6, 6.07) is 12.1. The number of H-pyrrole nitrogens is 1. The van der Waals surface area contributed by atoms with Crippen molar-refractivity contribution in [1.82, 2.24) is 9.97 Å². The van der Waals surface area contributed by atoms with Crippen LogP contribution in [0.1, 0.15) is 18.1 Å². The number of para-hydroxylation sites is 1. The standard InChI is InChI=1S/C17H17N5/c1-2-19-17-16(7-12(8-18)9-22-17)21-11-13-10-20-15-6-4-3-5-14(13)15/h3-7,9-10,20-21H,2,11H2,1H3,(H,19,22). The van der Waals surface area contributed by atoms with E-state index in [4.69, 9.17) is 5.26 Å². The van der Waals surface area contributed by atoms with Crippen LogP contribution in [-0.4, -0.2) is 16.5 Å². The molecule has 2 aromatic heterocycles. The molecule has 0 saturated heterocycles. The molecule has 3 N–H and O–H groups in total. The van der Waals surface area contributed by atoms with E-state index >= 15 is 0 Å². The molecule has 0 atom stereocenters. The van der Waals surface area contributed by atoms with Gasteiger partial charge in [0.05, 0.1) is 11.3 Å². The number of nitrogens with zero attached hydrogens (tertiary/aromatic N) is 2. The van der Waals surface area contributed by atoms with Gasteiger partial charge in [0.1, 0.15) is 11.9 Å². The Balaban J connectivity index is 1.85. The molecule has 0 amide bonds. The van der Waals surface area contributed by atoms with E-state index in [1.54, 1.807) is 6.20 Å². The lowest BCUT2D eigenvalue weighted by Crippen LogP contribution is -2.06. The summed E-state index contributed by atoms with van der Waals surface area (Å²) >= 11 is 0. The van der Waals surface area contributed by atoms with E-state index in [-0.39, 0.29) is 0 Å². The van der Waals surface area contributed by atoms with Crippen molar-refractivity contribution >= 4 is 22.4 Å². The Morgan fingerprint density at radius 3 is 2.95 bits per heavy atom. The van der Waals surface area contributed by atoms with Crippen LogP contribution in [0, 0.1) is 11.3 Å². The van der Waals surface area contributed by atoms with Crippen LogP contribution in [0.2, 0.25) is 0 Å². The molecule has 22 heavy (non-hydrogen) atoms. The average molecular weight is 291 g/mol. The molecule has 0 unspecified atom stereocenters. The van der Waals surface area contributed by atoms with Crippen LogP contribution in [0.4, 0.5) is 11.5 Å². The first-order chi connectivity index (χ1) is 10.8. The second-order valence-electron chi connectivity index (χ2n) is 4.98. The topological polar surface area (TPSA) is 76.5 Å². The van der Waals surface area contributed by atoms with Crippen LogP contribution in [0.15, 0.2) is 42.7 Å². The molecule has 0 bridgehead atoms. The number of fused-ring (bicyclic) bond motifs is 1. The summed E-state index contributed by atoms with van der Waals surface area (Å²) < 4.78 is 0. The van der Waals surface area contributed by atoms with Gasteiger partial charge in [0.15, 0.2) is 0 Å². The number of hydrogen-bond acceptors (Lipinski definition) is 4. The summed E-state index contributed by atoms with van der Waals surface area (Å²) in [5.41, 5.74) is 3.68. The van der Waals surface area contributed by atoms with Gasteiger partial charge in [0.25, 0.3) is 0 Å². The van der Waals surface area contributed by atoms with Crippen LogP contribution >= 0.6 is 0 Å². The number of aromatic amines is 1. The first-order valence-corrected chi connectivity index (χ1v) is 7.24. The zero-order valence-electron chi connectivity index (χ0n) is 12.4. The lowest BCUT2D eigenvalue weighted by molar-refractivity contribution is 1.12. The molecule has 0 saturated carbocycles. The van der Waals surface area contributed by atoms with Crippen molar-refractivity contribution in [2.24, 2.45) is 0 Å². The van der Waals surface area contributed by atoms with E-state index in [0.29, 0.717) is 12.1 Å². The van der Waals surface area contributed by atoms with Crippen molar-refractivity contribution in [1.29, 1.82) is 5.26 Å². The normalized spacial score (nSPS) is 10.4. The molecule has 2 heterocycles. The highest BCUT2D eigenvalue weighted by atomic mass is 15.0. The highest BCUT2D eigenvalue weighted by Gasteiger charge is 2.07.